The molecule has 0 fully saturated rings. The van der Waals surface area contributed by atoms with Gasteiger partial charge < -0.3 is 9.64 Å². The molecule has 0 aliphatic rings. The van der Waals surface area contributed by atoms with Crippen LogP contribution in [0.2, 0.25) is 0 Å². The van der Waals surface area contributed by atoms with E-state index in [2.05, 4.69) is 10.5 Å². The van der Waals surface area contributed by atoms with Gasteiger partial charge in [-0.15, -0.1) is 0 Å². The molecule has 0 saturated heterocycles. The lowest BCUT2D eigenvalue weighted by atomic mass is 10.2. The fraction of sp³-hybridized carbons (Fsp3) is 0.235. The van der Waals surface area contributed by atoms with Gasteiger partial charge in [-0.05, 0) is 31.2 Å². The van der Waals surface area contributed by atoms with Crippen LogP contribution in [-0.4, -0.2) is 26.9 Å². The molecule has 0 heterocycles. The van der Waals surface area contributed by atoms with Crippen molar-refractivity contribution >= 4 is 17.6 Å². The predicted octanol–water partition coefficient (Wildman–Crippen LogP) is 3.60. The lowest BCUT2D eigenvalue weighted by Crippen LogP contribution is -2.09. The summed E-state index contributed by atoms with van der Waals surface area (Å²) in [5, 5.41) is 4.26. The lowest BCUT2D eigenvalue weighted by molar-refractivity contribution is 0.340. The van der Waals surface area contributed by atoms with Gasteiger partial charge in [0.05, 0.1) is 18.5 Å². The van der Waals surface area contributed by atoms with Crippen LogP contribution in [0.1, 0.15) is 12.5 Å². The number of rotatable bonds is 6. The summed E-state index contributed by atoms with van der Waals surface area (Å²) < 4.78 is 5.68. The molecule has 0 spiro atoms. The van der Waals surface area contributed by atoms with E-state index >= 15 is 0 Å². The number of hydrogen-bond donors (Lipinski definition) is 1. The molecule has 0 amide bonds. The smallest absolute Gasteiger partial charge is 0.130 e. The largest absolute Gasteiger partial charge is 0.493 e. The van der Waals surface area contributed by atoms with Crippen molar-refractivity contribution in [2.24, 2.45) is 5.10 Å². The van der Waals surface area contributed by atoms with Crippen LogP contribution in [0.5, 0.6) is 5.75 Å². The zero-order chi connectivity index (χ0) is 15.1. The molecule has 0 aliphatic carbocycles. The van der Waals surface area contributed by atoms with Crippen molar-refractivity contribution in [3.8, 4) is 5.75 Å². The Balaban J connectivity index is 2.14. The van der Waals surface area contributed by atoms with Crippen LogP contribution in [0.3, 0.4) is 0 Å². The first-order chi connectivity index (χ1) is 10.2. The van der Waals surface area contributed by atoms with Crippen molar-refractivity contribution in [1.82, 2.24) is 0 Å². The van der Waals surface area contributed by atoms with Gasteiger partial charge in [0.1, 0.15) is 5.75 Å². The first-order valence-electron chi connectivity index (χ1n) is 6.99. The van der Waals surface area contributed by atoms with Gasteiger partial charge in [-0.25, -0.2) is 0 Å². The first kappa shape index (κ1) is 14.9. The van der Waals surface area contributed by atoms with Gasteiger partial charge in [0.15, 0.2) is 0 Å². The van der Waals surface area contributed by atoms with Crippen molar-refractivity contribution in [3.63, 3.8) is 0 Å². The van der Waals surface area contributed by atoms with Gasteiger partial charge >= 0.3 is 0 Å². The van der Waals surface area contributed by atoms with E-state index in [9.17, 15) is 0 Å². The molecular formula is C17H21N3O. The Kier molecular flexibility index (Phi) is 5.21. The van der Waals surface area contributed by atoms with Crippen LogP contribution in [0.25, 0.3) is 0 Å². The minimum absolute atomic E-state index is 0.629. The second kappa shape index (κ2) is 7.33. The van der Waals surface area contributed by atoms with Crippen molar-refractivity contribution in [2.75, 3.05) is 31.0 Å². The number of para-hydroxylation sites is 1. The molecule has 0 atom stereocenters. The third-order valence-electron chi connectivity index (χ3n) is 2.98. The summed E-state index contributed by atoms with van der Waals surface area (Å²) >= 11 is 0. The molecule has 21 heavy (non-hydrogen) atoms. The van der Waals surface area contributed by atoms with Crippen LogP contribution < -0.4 is 15.1 Å². The highest BCUT2D eigenvalue weighted by atomic mass is 16.5. The van der Waals surface area contributed by atoms with Crippen LogP contribution in [0.15, 0.2) is 53.6 Å². The topological polar surface area (TPSA) is 36.9 Å². The number of nitrogens with zero attached hydrogens (tertiary/aromatic N) is 2. The van der Waals surface area contributed by atoms with Crippen LogP contribution in [-0.2, 0) is 0 Å². The molecule has 4 heteroatoms. The third-order valence-corrected chi connectivity index (χ3v) is 2.98. The predicted molar refractivity (Wildman–Crippen MR) is 89.6 cm³/mol. The highest BCUT2D eigenvalue weighted by Gasteiger charge is 2.04. The van der Waals surface area contributed by atoms with E-state index in [4.69, 9.17) is 4.74 Å². The fourth-order valence-corrected chi connectivity index (χ4v) is 1.88. The van der Waals surface area contributed by atoms with E-state index in [1.807, 2.05) is 74.4 Å². The standard InChI is InChI=1S/C17H21N3O/c1-4-21-17-12-16(20(2)3)11-10-14(17)13-18-19-15-8-6-5-7-9-15/h5-13,19H,4H2,1-3H3. The van der Waals surface area contributed by atoms with Gasteiger partial charge in [0.25, 0.3) is 0 Å². The Labute approximate surface area is 126 Å². The molecule has 4 nitrogen and oxygen atoms in total. The minimum atomic E-state index is 0.629. The molecule has 1 N–H and O–H groups in total. The Morgan fingerprint density at radius 1 is 1.14 bits per heavy atom. The van der Waals surface area contributed by atoms with Gasteiger partial charge in [-0.2, -0.15) is 5.10 Å². The third kappa shape index (κ3) is 4.24. The fourth-order valence-electron chi connectivity index (χ4n) is 1.88. The number of anilines is 2. The summed E-state index contributed by atoms with van der Waals surface area (Å²) in [5.74, 6) is 0.835. The number of hydrazone groups is 1. The molecule has 0 radical (unpaired) electrons. The maximum atomic E-state index is 5.68. The second-order valence-corrected chi connectivity index (χ2v) is 4.79. The SMILES string of the molecule is CCOc1cc(N(C)C)ccc1C=NNc1ccccc1. The minimum Gasteiger partial charge on any atom is -0.493 e. The molecule has 0 saturated carbocycles. The Bertz CT molecular complexity index is 594. The lowest BCUT2D eigenvalue weighted by Gasteiger charge is -2.15. The van der Waals surface area contributed by atoms with E-state index in [0.717, 1.165) is 22.7 Å². The monoisotopic (exact) mass is 283 g/mol. The first-order valence-corrected chi connectivity index (χ1v) is 6.99. The maximum absolute atomic E-state index is 5.68. The van der Waals surface area contributed by atoms with Crippen LogP contribution in [0, 0.1) is 0 Å². The molecule has 2 aromatic carbocycles. The zero-order valence-corrected chi connectivity index (χ0v) is 12.7. The summed E-state index contributed by atoms with van der Waals surface area (Å²) in [6, 6.07) is 15.9. The maximum Gasteiger partial charge on any atom is 0.130 e. The average Bonchev–Trinajstić information content (AvgIpc) is 2.50. The summed E-state index contributed by atoms with van der Waals surface area (Å²) in [4.78, 5) is 2.05. The Morgan fingerprint density at radius 3 is 2.57 bits per heavy atom. The number of hydrogen-bond acceptors (Lipinski definition) is 4. The molecule has 2 aromatic rings. The van der Waals surface area contributed by atoms with E-state index in [0.29, 0.717) is 6.61 Å². The number of ether oxygens (including phenoxy) is 1. The summed E-state index contributed by atoms with van der Waals surface area (Å²) in [6.45, 7) is 2.61. The zero-order valence-electron chi connectivity index (χ0n) is 12.7. The Hall–Kier alpha value is -2.49. The number of nitrogens with one attached hydrogen (secondary N) is 1. The molecule has 110 valence electrons. The molecule has 0 aliphatic heterocycles. The highest BCUT2D eigenvalue weighted by molar-refractivity contribution is 5.85. The quantitative estimate of drug-likeness (QED) is 0.650. The average molecular weight is 283 g/mol. The molecule has 2 rings (SSSR count). The molecular weight excluding hydrogens is 262 g/mol. The van der Waals surface area contributed by atoms with Crippen molar-refractivity contribution < 1.29 is 4.74 Å². The molecule has 0 bridgehead atoms. The van der Waals surface area contributed by atoms with Crippen molar-refractivity contribution in [1.29, 1.82) is 0 Å². The molecule has 0 unspecified atom stereocenters. The number of benzene rings is 2. The summed E-state index contributed by atoms with van der Waals surface area (Å²) in [7, 11) is 4.02. The van der Waals surface area contributed by atoms with Gasteiger partial charge in [-0.1, -0.05) is 18.2 Å². The van der Waals surface area contributed by atoms with Gasteiger partial charge in [-0.3, -0.25) is 5.43 Å². The van der Waals surface area contributed by atoms with E-state index in [1.165, 1.54) is 0 Å². The van der Waals surface area contributed by atoms with E-state index in [-0.39, 0.29) is 0 Å². The summed E-state index contributed by atoms with van der Waals surface area (Å²) in [5.41, 5.74) is 6.01. The second-order valence-electron chi connectivity index (χ2n) is 4.79. The van der Waals surface area contributed by atoms with E-state index < -0.39 is 0 Å². The van der Waals surface area contributed by atoms with E-state index in [1.54, 1.807) is 6.21 Å². The van der Waals surface area contributed by atoms with Gasteiger partial charge in [0, 0.05) is 31.4 Å². The van der Waals surface area contributed by atoms with Crippen LogP contribution in [0.4, 0.5) is 11.4 Å². The van der Waals surface area contributed by atoms with Crippen molar-refractivity contribution in [3.05, 3.63) is 54.1 Å². The van der Waals surface area contributed by atoms with Gasteiger partial charge in [0.2, 0.25) is 0 Å². The summed E-state index contributed by atoms with van der Waals surface area (Å²) in [6.07, 6.45) is 1.78. The molecule has 0 aromatic heterocycles. The Morgan fingerprint density at radius 2 is 1.90 bits per heavy atom. The normalized spacial score (nSPS) is 10.6. The highest BCUT2D eigenvalue weighted by Crippen LogP contribution is 2.23. The van der Waals surface area contributed by atoms with Crippen LogP contribution >= 0.6 is 0 Å². The van der Waals surface area contributed by atoms with Crippen molar-refractivity contribution in [2.45, 2.75) is 6.92 Å².